The second kappa shape index (κ2) is 4.24. The zero-order valence-electron chi connectivity index (χ0n) is 3.53. The van der Waals surface area contributed by atoms with Gasteiger partial charge in [0.2, 0.25) is 0 Å². The normalized spacial score (nSPS) is 8.29. The number of hydrogen-bond donors (Lipinski definition) is 0. The van der Waals surface area contributed by atoms with Gasteiger partial charge in [-0.2, -0.15) is 0 Å². The Hall–Kier alpha value is 0.0803. The molecular weight excluding hydrogens is 188 g/mol. The molecule has 0 aliphatic carbocycles. The molecular formula is C4H4AgO2. The summed E-state index contributed by atoms with van der Waals surface area (Å²) in [6, 6.07) is 0. The monoisotopic (exact) mass is 191 g/mol. The molecule has 0 unspecified atom stereocenters. The number of carbonyl (C=O) groups excluding carboxylic acids is 2. The van der Waals surface area contributed by atoms with Crippen molar-refractivity contribution in [1.82, 2.24) is 0 Å². The van der Waals surface area contributed by atoms with Crippen molar-refractivity contribution in [1.29, 1.82) is 0 Å². The van der Waals surface area contributed by atoms with Gasteiger partial charge in [-0.1, -0.05) is 0 Å². The SMILES string of the molecule is O=[C]CC[C](=O)[Ag]. The Labute approximate surface area is 54.2 Å². The summed E-state index contributed by atoms with van der Waals surface area (Å²) in [5.41, 5.74) is 0. The van der Waals surface area contributed by atoms with Gasteiger partial charge in [-0.15, -0.1) is 0 Å². The van der Waals surface area contributed by atoms with Crippen LogP contribution in [-0.4, -0.2) is 10.3 Å². The molecule has 0 heterocycles. The maximum atomic E-state index is 9.94. The van der Waals surface area contributed by atoms with Crippen molar-refractivity contribution in [2.24, 2.45) is 0 Å². The molecule has 0 aliphatic heterocycles. The van der Waals surface area contributed by atoms with Gasteiger partial charge < -0.3 is 0 Å². The second-order valence-electron chi connectivity index (χ2n) is 0.957. The van der Waals surface area contributed by atoms with Crippen LogP contribution in [0.1, 0.15) is 12.8 Å². The van der Waals surface area contributed by atoms with Crippen molar-refractivity contribution in [2.75, 3.05) is 0 Å². The molecule has 0 spiro atoms. The Kier molecular flexibility index (Phi) is 4.29. The molecule has 0 atom stereocenters. The Morgan fingerprint density at radius 2 is 2.29 bits per heavy atom. The fourth-order valence-electron chi connectivity index (χ4n) is 0.140. The van der Waals surface area contributed by atoms with Crippen LogP contribution in [0.2, 0.25) is 0 Å². The molecule has 0 aromatic heterocycles. The fourth-order valence-corrected chi connectivity index (χ4v) is 0.325. The van der Waals surface area contributed by atoms with Crippen molar-refractivity contribution in [3.63, 3.8) is 0 Å². The van der Waals surface area contributed by atoms with Gasteiger partial charge in [-0.3, -0.25) is 0 Å². The van der Waals surface area contributed by atoms with E-state index in [9.17, 15) is 9.59 Å². The van der Waals surface area contributed by atoms with E-state index < -0.39 is 0 Å². The van der Waals surface area contributed by atoms with Gasteiger partial charge in [0.05, 0.1) is 0 Å². The average Bonchev–Trinajstić information content (AvgIpc) is 1.61. The summed E-state index contributed by atoms with van der Waals surface area (Å²) in [6.45, 7) is 0. The van der Waals surface area contributed by atoms with Crippen molar-refractivity contribution < 1.29 is 30.7 Å². The molecule has 1 radical (unpaired) electrons. The second-order valence-corrected chi connectivity index (χ2v) is 1.78. The standard InChI is InChI=1S/C4H4O2.Ag/c5-3-1-2-4-6;/h1-2H2;. The van der Waals surface area contributed by atoms with Gasteiger partial charge in [0.1, 0.15) is 0 Å². The van der Waals surface area contributed by atoms with Crippen LogP contribution in [0, 0.1) is 0 Å². The molecule has 0 aromatic rings. The van der Waals surface area contributed by atoms with Gasteiger partial charge in [0, 0.05) is 0 Å². The molecule has 2 nitrogen and oxygen atoms in total. The van der Waals surface area contributed by atoms with E-state index in [1.807, 2.05) is 0 Å². The third-order valence-corrected chi connectivity index (χ3v) is 0.775. The Balaban J connectivity index is 2.97. The van der Waals surface area contributed by atoms with Gasteiger partial charge in [0.25, 0.3) is 0 Å². The minimum absolute atomic E-state index is 0.145. The predicted molar refractivity (Wildman–Crippen MR) is 19.9 cm³/mol. The summed E-state index contributed by atoms with van der Waals surface area (Å²) in [4.78, 5) is 19.4. The van der Waals surface area contributed by atoms with E-state index in [0.29, 0.717) is 0 Å². The molecule has 0 N–H and O–H groups in total. The average molecular weight is 192 g/mol. The van der Waals surface area contributed by atoms with Crippen molar-refractivity contribution in [3.8, 4) is 0 Å². The molecule has 0 bridgehead atoms. The maximum absolute atomic E-state index is 9.94. The zero-order valence-corrected chi connectivity index (χ0v) is 5.01. The summed E-state index contributed by atoms with van der Waals surface area (Å²) < 4.78 is -0.145. The van der Waals surface area contributed by atoms with Gasteiger partial charge >= 0.3 is 53.8 Å². The van der Waals surface area contributed by atoms with Crippen LogP contribution >= 0.6 is 0 Å². The number of carbonyl (C=O) groups is 1. The Bertz CT molecular complexity index is 79.8. The predicted octanol–water partition coefficient (Wildman–Crippen LogP) is -0.0503. The van der Waals surface area contributed by atoms with Crippen LogP contribution < -0.4 is 0 Å². The quantitative estimate of drug-likeness (QED) is 0.587. The van der Waals surface area contributed by atoms with Gasteiger partial charge in [-0.25, -0.2) is 0 Å². The first-order chi connectivity index (χ1) is 3.27. The minimum atomic E-state index is -0.145. The molecule has 3 heteroatoms. The molecule has 0 fully saturated rings. The van der Waals surface area contributed by atoms with Gasteiger partial charge in [-0.05, 0) is 0 Å². The van der Waals surface area contributed by atoms with E-state index >= 15 is 0 Å². The van der Waals surface area contributed by atoms with E-state index in [2.05, 4.69) is 21.1 Å². The molecule has 0 saturated heterocycles. The first-order valence-electron chi connectivity index (χ1n) is 1.77. The third-order valence-electron chi connectivity index (χ3n) is 0.405. The van der Waals surface area contributed by atoms with Crippen LogP contribution in [0.4, 0.5) is 0 Å². The molecule has 43 valence electrons. The van der Waals surface area contributed by atoms with Crippen LogP contribution in [0.5, 0.6) is 0 Å². The fraction of sp³-hybridized carbons (Fsp3) is 0.500. The first kappa shape index (κ1) is 7.08. The Morgan fingerprint density at radius 3 is 2.43 bits per heavy atom. The van der Waals surface area contributed by atoms with E-state index in [1.54, 1.807) is 6.29 Å². The van der Waals surface area contributed by atoms with Crippen molar-refractivity contribution in [3.05, 3.63) is 0 Å². The van der Waals surface area contributed by atoms with Gasteiger partial charge in [0.15, 0.2) is 0 Å². The molecule has 0 aliphatic rings. The number of hydrogen-bond acceptors (Lipinski definition) is 2. The Morgan fingerprint density at radius 1 is 1.71 bits per heavy atom. The third kappa shape index (κ3) is 6.08. The molecule has 0 aromatic carbocycles. The van der Waals surface area contributed by atoms with E-state index in [0.717, 1.165) is 0 Å². The van der Waals surface area contributed by atoms with Crippen molar-refractivity contribution >= 4 is 10.3 Å². The van der Waals surface area contributed by atoms with Crippen LogP contribution in [-0.2, 0) is 30.7 Å². The zero-order chi connectivity index (χ0) is 5.70. The summed E-state index contributed by atoms with van der Waals surface area (Å²) in [5, 5.41) is 0. The molecule has 7 heavy (non-hydrogen) atoms. The molecule has 0 saturated carbocycles. The van der Waals surface area contributed by atoms with Crippen molar-refractivity contribution in [2.45, 2.75) is 12.8 Å². The first-order valence-corrected chi connectivity index (χ1v) is 2.51. The summed E-state index contributed by atoms with van der Waals surface area (Å²) in [6.07, 6.45) is 2.05. The molecule has 0 rings (SSSR count). The summed E-state index contributed by atoms with van der Waals surface area (Å²) in [7, 11) is 0. The topological polar surface area (TPSA) is 34.1 Å². The van der Waals surface area contributed by atoms with Crippen LogP contribution in [0.25, 0.3) is 0 Å². The summed E-state index contributed by atoms with van der Waals surface area (Å²) in [5.74, 6) is 0. The summed E-state index contributed by atoms with van der Waals surface area (Å²) >= 11 is 2.67. The van der Waals surface area contributed by atoms with E-state index in [-0.39, 0.29) is 16.8 Å². The number of rotatable bonds is 3. The van der Waals surface area contributed by atoms with E-state index in [1.165, 1.54) is 0 Å². The van der Waals surface area contributed by atoms with Crippen LogP contribution in [0.15, 0.2) is 0 Å². The molecule has 0 amide bonds. The van der Waals surface area contributed by atoms with E-state index in [4.69, 9.17) is 0 Å². The van der Waals surface area contributed by atoms with Crippen LogP contribution in [0.3, 0.4) is 0 Å².